The SMILES string of the molecule is CC1Cc2cc(S(=O)(=O)NC(CN)C3CC3)cc(Cl)c2O1.Cl. The van der Waals surface area contributed by atoms with E-state index in [4.69, 9.17) is 22.1 Å². The number of nitrogens with one attached hydrogen (secondary N) is 1. The molecule has 124 valence electrons. The molecule has 1 aliphatic carbocycles. The molecule has 0 amide bonds. The minimum absolute atomic E-state index is 0. The predicted octanol–water partition coefficient (Wildman–Crippen LogP) is 2.10. The van der Waals surface area contributed by atoms with Crippen molar-refractivity contribution in [3.63, 3.8) is 0 Å². The van der Waals surface area contributed by atoms with Crippen LogP contribution in [0.3, 0.4) is 0 Å². The van der Waals surface area contributed by atoms with Gasteiger partial charge in [0.2, 0.25) is 10.0 Å². The second-order valence-corrected chi connectivity index (χ2v) is 7.95. The lowest BCUT2D eigenvalue weighted by atomic mass is 10.1. The molecule has 0 radical (unpaired) electrons. The smallest absolute Gasteiger partial charge is 0.240 e. The average molecular weight is 367 g/mol. The number of nitrogens with two attached hydrogens (primary N) is 1. The Morgan fingerprint density at radius 1 is 1.45 bits per heavy atom. The molecule has 1 saturated carbocycles. The minimum atomic E-state index is -3.61. The van der Waals surface area contributed by atoms with Crippen molar-refractivity contribution in [2.45, 2.75) is 43.2 Å². The van der Waals surface area contributed by atoms with Crippen molar-refractivity contribution in [1.29, 1.82) is 0 Å². The Morgan fingerprint density at radius 3 is 2.73 bits per heavy atom. The van der Waals surface area contributed by atoms with E-state index in [0.29, 0.717) is 29.7 Å². The molecule has 2 unspecified atom stereocenters. The Morgan fingerprint density at radius 2 is 2.14 bits per heavy atom. The van der Waals surface area contributed by atoms with Gasteiger partial charge in [-0.3, -0.25) is 0 Å². The van der Waals surface area contributed by atoms with Crippen LogP contribution in [0.4, 0.5) is 0 Å². The van der Waals surface area contributed by atoms with E-state index in [9.17, 15) is 8.42 Å². The van der Waals surface area contributed by atoms with E-state index < -0.39 is 10.0 Å². The highest BCUT2D eigenvalue weighted by molar-refractivity contribution is 7.89. The molecule has 1 heterocycles. The molecule has 1 aromatic carbocycles. The number of hydrogen-bond acceptors (Lipinski definition) is 4. The maximum Gasteiger partial charge on any atom is 0.240 e. The Hall–Kier alpha value is -0.530. The third kappa shape index (κ3) is 3.51. The minimum Gasteiger partial charge on any atom is -0.489 e. The van der Waals surface area contributed by atoms with Crippen molar-refractivity contribution in [2.24, 2.45) is 11.7 Å². The van der Waals surface area contributed by atoms with Crippen LogP contribution in [0.5, 0.6) is 5.75 Å². The van der Waals surface area contributed by atoms with Crippen molar-refractivity contribution in [3.8, 4) is 5.75 Å². The summed E-state index contributed by atoms with van der Waals surface area (Å²) in [6.45, 7) is 2.24. The molecule has 8 heteroatoms. The molecule has 1 fully saturated rings. The van der Waals surface area contributed by atoms with Crippen LogP contribution in [0.25, 0.3) is 0 Å². The molecule has 1 aromatic rings. The van der Waals surface area contributed by atoms with Crippen molar-refractivity contribution in [2.75, 3.05) is 6.54 Å². The summed E-state index contributed by atoms with van der Waals surface area (Å²) in [4.78, 5) is 0.183. The maximum atomic E-state index is 12.5. The van der Waals surface area contributed by atoms with E-state index in [0.717, 1.165) is 18.4 Å². The fraction of sp³-hybridized carbons (Fsp3) is 0.571. The first-order valence-corrected chi connectivity index (χ1v) is 8.98. The van der Waals surface area contributed by atoms with Gasteiger partial charge in [-0.25, -0.2) is 13.1 Å². The van der Waals surface area contributed by atoms with Crippen LogP contribution in [0.2, 0.25) is 5.02 Å². The van der Waals surface area contributed by atoms with Crippen molar-refractivity contribution >= 4 is 34.0 Å². The number of benzene rings is 1. The van der Waals surface area contributed by atoms with E-state index in [1.54, 1.807) is 6.07 Å². The topological polar surface area (TPSA) is 81.4 Å². The van der Waals surface area contributed by atoms with Crippen LogP contribution >= 0.6 is 24.0 Å². The van der Waals surface area contributed by atoms with Crippen molar-refractivity contribution < 1.29 is 13.2 Å². The number of ether oxygens (including phenoxy) is 1. The van der Waals surface area contributed by atoms with Gasteiger partial charge in [-0.15, -0.1) is 12.4 Å². The lowest BCUT2D eigenvalue weighted by Crippen LogP contribution is -2.41. The van der Waals surface area contributed by atoms with Gasteiger partial charge < -0.3 is 10.5 Å². The summed E-state index contributed by atoms with van der Waals surface area (Å²) in [5.74, 6) is 0.957. The van der Waals surface area contributed by atoms with Gasteiger partial charge in [-0.1, -0.05) is 11.6 Å². The summed E-state index contributed by atoms with van der Waals surface area (Å²) in [5.41, 5.74) is 6.50. The summed E-state index contributed by atoms with van der Waals surface area (Å²) in [6.07, 6.45) is 2.74. The number of hydrogen-bond donors (Lipinski definition) is 2. The van der Waals surface area contributed by atoms with E-state index in [1.807, 2.05) is 6.92 Å². The number of halogens is 2. The standard InChI is InChI=1S/C14H19ClN2O3S.ClH/c1-8-4-10-5-11(6-12(15)14(10)20-8)21(18,19)17-13(7-16)9-2-3-9;/h5-6,8-9,13,17H,2-4,7,16H2,1H3;1H. The Bertz CT molecular complexity index is 662. The van der Waals surface area contributed by atoms with Crippen LogP contribution < -0.4 is 15.2 Å². The van der Waals surface area contributed by atoms with Gasteiger partial charge in [0.1, 0.15) is 11.9 Å². The molecule has 1 aliphatic heterocycles. The molecular weight excluding hydrogens is 347 g/mol. The monoisotopic (exact) mass is 366 g/mol. The third-order valence-electron chi connectivity index (χ3n) is 3.98. The summed E-state index contributed by atoms with van der Waals surface area (Å²) in [6, 6.07) is 2.89. The fourth-order valence-electron chi connectivity index (χ4n) is 2.72. The molecule has 22 heavy (non-hydrogen) atoms. The zero-order valence-electron chi connectivity index (χ0n) is 12.2. The fourth-order valence-corrected chi connectivity index (χ4v) is 4.46. The first-order chi connectivity index (χ1) is 9.90. The molecule has 0 aromatic heterocycles. The molecule has 5 nitrogen and oxygen atoms in total. The van der Waals surface area contributed by atoms with Crippen LogP contribution in [0, 0.1) is 5.92 Å². The Labute approximate surface area is 142 Å². The quantitative estimate of drug-likeness (QED) is 0.835. The van der Waals surface area contributed by atoms with Crippen LogP contribution in [-0.4, -0.2) is 27.1 Å². The van der Waals surface area contributed by atoms with Crippen molar-refractivity contribution in [1.82, 2.24) is 4.72 Å². The first kappa shape index (κ1) is 17.8. The predicted molar refractivity (Wildman–Crippen MR) is 88.4 cm³/mol. The van der Waals surface area contributed by atoms with E-state index in [2.05, 4.69) is 4.72 Å². The molecule has 0 saturated heterocycles. The average Bonchev–Trinajstić information content (AvgIpc) is 3.18. The van der Waals surface area contributed by atoms with Gasteiger partial charge in [0.15, 0.2) is 0 Å². The highest BCUT2D eigenvalue weighted by atomic mass is 35.5. The molecule has 0 bridgehead atoms. The molecule has 2 aliphatic rings. The third-order valence-corrected chi connectivity index (χ3v) is 5.73. The number of sulfonamides is 1. The van der Waals surface area contributed by atoms with Crippen LogP contribution in [0.1, 0.15) is 25.3 Å². The van der Waals surface area contributed by atoms with Gasteiger partial charge in [0, 0.05) is 24.6 Å². The lowest BCUT2D eigenvalue weighted by molar-refractivity contribution is 0.255. The summed E-state index contributed by atoms with van der Waals surface area (Å²) >= 11 is 6.15. The van der Waals surface area contributed by atoms with Crippen molar-refractivity contribution in [3.05, 3.63) is 22.7 Å². The van der Waals surface area contributed by atoms with E-state index in [1.165, 1.54) is 6.07 Å². The van der Waals surface area contributed by atoms with E-state index >= 15 is 0 Å². The first-order valence-electron chi connectivity index (χ1n) is 7.12. The van der Waals surface area contributed by atoms with Gasteiger partial charge >= 0.3 is 0 Å². The highest BCUT2D eigenvalue weighted by Crippen LogP contribution is 2.38. The normalized spacial score (nSPS) is 21.7. The second kappa shape index (κ2) is 6.53. The molecule has 0 spiro atoms. The van der Waals surface area contributed by atoms with E-state index in [-0.39, 0.29) is 29.4 Å². The zero-order valence-corrected chi connectivity index (χ0v) is 14.6. The second-order valence-electron chi connectivity index (χ2n) is 5.83. The number of rotatable bonds is 5. The summed E-state index contributed by atoms with van der Waals surface area (Å²) in [7, 11) is -3.61. The zero-order chi connectivity index (χ0) is 15.2. The van der Waals surface area contributed by atoms with Gasteiger partial charge in [0.25, 0.3) is 0 Å². The Balaban J connectivity index is 0.00000176. The lowest BCUT2D eigenvalue weighted by Gasteiger charge is -2.16. The van der Waals surface area contributed by atoms with Crippen LogP contribution in [0.15, 0.2) is 17.0 Å². The van der Waals surface area contributed by atoms with Gasteiger partial charge in [-0.05, 0) is 37.8 Å². The van der Waals surface area contributed by atoms with Crippen LogP contribution in [-0.2, 0) is 16.4 Å². The number of fused-ring (bicyclic) bond motifs is 1. The summed E-state index contributed by atoms with van der Waals surface area (Å²) < 4.78 is 33.3. The highest BCUT2D eigenvalue weighted by Gasteiger charge is 2.34. The van der Waals surface area contributed by atoms with Gasteiger partial charge in [0.05, 0.1) is 9.92 Å². The molecule has 2 atom stereocenters. The Kier molecular flexibility index (Phi) is 5.29. The summed E-state index contributed by atoms with van der Waals surface area (Å²) in [5, 5.41) is 0.341. The maximum absolute atomic E-state index is 12.5. The molecule has 3 N–H and O–H groups in total. The molecule has 3 rings (SSSR count). The largest absolute Gasteiger partial charge is 0.489 e. The molecular formula is C14H20Cl2N2O3S. The van der Waals surface area contributed by atoms with Gasteiger partial charge in [-0.2, -0.15) is 0 Å².